The van der Waals surface area contributed by atoms with E-state index >= 15 is 0 Å². The molecule has 0 radical (unpaired) electrons. The van der Waals surface area contributed by atoms with Gasteiger partial charge in [-0.15, -0.1) is 11.8 Å². The topological polar surface area (TPSA) is 138 Å². The molecule has 0 aromatic heterocycles. The molecule has 0 fully saturated rings. The van der Waals surface area contributed by atoms with Crippen molar-refractivity contribution < 1.29 is 33.5 Å². The molecule has 166 valence electrons. The van der Waals surface area contributed by atoms with Crippen LogP contribution < -0.4 is 29.8 Å². The summed E-state index contributed by atoms with van der Waals surface area (Å²) in [6.45, 7) is 0. The molecule has 0 aliphatic carbocycles. The van der Waals surface area contributed by atoms with Crippen molar-refractivity contribution in [2.75, 3.05) is 34.2 Å². The van der Waals surface area contributed by atoms with E-state index in [9.17, 15) is 19.7 Å². The number of hydrogen-bond acceptors (Lipinski definition) is 9. The molecule has 2 aromatic rings. The molecule has 2 N–H and O–H groups in total. The Kier molecular flexibility index (Phi) is 8.32. The van der Waals surface area contributed by atoms with Crippen LogP contribution in [0, 0.1) is 10.1 Å². The first-order valence-corrected chi connectivity index (χ1v) is 9.68. The number of carbonyl (C=O) groups is 2. The Morgan fingerprint density at radius 3 is 2.03 bits per heavy atom. The Hall–Kier alpha value is -3.67. The molecule has 31 heavy (non-hydrogen) atoms. The van der Waals surface area contributed by atoms with E-state index in [-0.39, 0.29) is 40.0 Å². The number of methoxy groups -OCH3 is 4. The van der Waals surface area contributed by atoms with Crippen LogP contribution in [-0.2, 0) is 4.79 Å². The third kappa shape index (κ3) is 5.69. The van der Waals surface area contributed by atoms with E-state index in [1.807, 2.05) is 0 Å². The van der Waals surface area contributed by atoms with E-state index in [2.05, 4.69) is 10.9 Å². The van der Waals surface area contributed by atoms with Gasteiger partial charge in [0.05, 0.1) is 50.1 Å². The average molecular weight is 451 g/mol. The lowest BCUT2D eigenvalue weighted by molar-refractivity contribution is -0.385. The van der Waals surface area contributed by atoms with Gasteiger partial charge in [-0.05, 0) is 12.1 Å². The molecular weight excluding hydrogens is 430 g/mol. The van der Waals surface area contributed by atoms with Gasteiger partial charge >= 0.3 is 5.69 Å². The standard InChI is InChI=1S/C19H21N3O8S/c1-27-12-6-5-7-13(28-2)18(12)19(24)21-20-17(23)10-31-16-9-14(29-3)11(22(25)26)8-15(16)30-4/h5-9H,10H2,1-4H3,(H,20,23)(H,21,24). The van der Waals surface area contributed by atoms with Crippen LogP contribution in [0.4, 0.5) is 5.69 Å². The molecule has 0 unspecified atom stereocenters. The Balaban J connectivity index is 2.05. The maximum Gasteiger partial charge on any atom is 0.314 e. The Morgan fingerprint density at radius 2 is 1.52 bits per heavy atom. The highest BCUT2D eigenvalue weighted by molar-refractivity contribution is 8.00. The molecule has 11 nitrogen and oxygen atoms in total. The molecule has 0 saturated carbocycles. The normalized spacial score (nSPS) is 10.1. The number of thioether (sulfide) groups is 1. The summed E-state index contributed by atoms with van der Waals surface area (Å²) in [4.78, 5) is 35.7. The molecular formula is C19H21N3O8S. The first-order valence-electron chi connectivity index (χ1n) is 8.69. The molecule has 0 atom stereocenters. The van der Waals surface area contributed by atoms with Gasteiger partial charge in [0.15, 0.2) is 5.75 Å². The number of benzene rings is 2. The Labute approximate surface area is 182 Å². The number of nitro groups is 1. The second-order valence-electron chi connectivity index (χ2n) is 5.76. The lowest BCUT2D eigenvalue weighted by atomic mass is 10.1. The fraction of sp³-hybridized carbons (Fsp3) is 0.263. The van der Waals surface area contributed by atoms with Gasteiger partial charge in [-0.25, -0.2) is 0 Å². The number of rotatable bonds is 9. The van der Waals surface area contributed by atoms with Gasteiger partial charge in [0.2, 0.25) is 5.91 Å². The molecule has 2 aromatic carbocycles. The summed E-state index contributed by atoms with van der Waals surface area (Å²) in [5, 5.41) is 11.1. The summed E-state index contributed by atoms with van der Waals surface area (Å²) in [7, 11) is 5.48. The van der Waals surface area contributed by atoms with Gasteiger partial charge in [0.1, 0.15) is 22.8 Å². The quantitative estimate of drug-likeness (QED) is 0.334. The third-order valence-electron chi connectivity index (χ3n) is 3.99. The third-order valence-corrected chi connectivity index (χ3v) is 5.03. The lowest BCUT2D eigenvalue weighted by Gasteiger charge is -2.14. The summed E-state index contributed by atoms with van der Waals surface area (Å²) >= 11 is 1.05. The van der Waals surface area contributed by atoms with E-state index in [0.717, 1.165) is 11.8 Å². The second-order valence-corrected chi connectivity index (χ2v) is 6.78. The summed E-state index contributed by atoms with van der Waals surface area (Å²) in [5.74, 6) is -0.445. The highest BCUT2D eigenvalue weighted by Crippen LogP contribution is 2.39. The van der Waals surface area contributed by atoms with E-state index < -0.39 is 16.7 Å². The number of hydrogen-bond donors (Lipinski definition) is 2. The van der Waals surface area contributed by atoms with Crippen molar-refractivity contribution in [1.82, 2.24) is 10.9 Å². The van der Waals surface area contributed by atoms with Gasteiger partial charge < -0.3 is 18.9 Å². The fourth-order valence-electron chi connectivity index (χ4n) is 2.55. The Morgan fingerprint density at radius 1 is 0.935 bits per heavy atom. The number of ether oxygens (including phenoxy) is 4. The SMILES string of the molecule is COc1cc([N+](=O)[O-])c(OC)cc1SCC(=O)NNC(=O)c1c(OC)cccc1OC. The van der Waals surface area contributed by atoms with E-state index in [1.54, 1.807) is 18.2 Å². The lowest BCUT2D eigenvalue weighted by Crippen LogP contribution is -2.42. The number of nitrogens with zero attached hydrogens (tertiary/aromatic N) is 1. The first kappa shape index (κ1) is 23.6. The van der Waals surface area contributed by atoms with Crippen LogP contribution >= 0.6 is 11.8 Å². The number of amides is 2. The zero-order chi connectivity index (χ0) is 23.0. The minimum absolute atomic E-state index is 0.0327. The van der Waals surface area contributed by atoms with E-state index in [4.69, 9.17) is 18.9 Å². The van der Waals surface area contributed by atoms with Gasteiger partial charge in [-0.3, -0.25) is 30.6 Å². The van der Waals surface area contributed by atoms with E-state index in [0.29, 0.717) is 4.90 Å². The van der Waals surface area contributed by atoms with Crippen molar-refractivity contribution in [3.63, 3.8) is 0 Å². The Bertz CT molecular complexity index is 961. The molecule has 0 heterocycles. The molecule has 0 aliphatic heterocycles. The highest BCUT2D eigenvalue weighted by atomic mass is 32.2. The maximum absolute atomic E-state index is 12.5. The number of nitro benzene ring substituents is 1. The zero-order valence-electron chi connectivity index (χ0n) is 17.2. The predicted molar refractivity (Wildman–Crippen MR) is 112 cm³/mol. The maximum atomic E-state index is 12.5. The van der Waals surface area contributed by atoms with Crippen LogP contribution in [0.1, 0.15) is 10.4 Å². The van der Waals surface area contributed by atoms with Crippen molar-refractivity contribution in [2.24, 2.45) is 0 Å². The highest BCUT2D eigenvalue weighted by Gasteiger charge is 2.21. The van der Waals surface area contributed by atoms with Crippen molar-refractivity contribution >= 4 is 29.3 Å². The molecule has 0 bridgehead atoms. The van der Waals surface area contributed by atoms with Gasteiger partial charge in [-0.1, -0.05) is 6.07 Å². The molecule has 2 amide bonds. The fourth-order valence-corrected chi connectivity index (χ4v) is 3.39. The minimum atomic E-state index is -0.623. The molecule has 2 rings (SSSR count). The molecule has 0 spiro atoms. The van der Waals surface area contributed by atoms with Gasteiger partial charge in [0, 0.05) is 6.07 Å². The first-order chi connectivity index (χ1) is 14.9. The largest absolute Gasteiger partial charge is 0.496 e. The average Bonchev–Trinajstić information content (AvgIpc) is 2.79. The smallest absolute Gasteiger partial charge is 0.314 e. The number of hydrazine groups is 1. The summed E-state index contributed by atoms with van der Waals surface area (Å²) in [6.07, 6.45) is 0. The van der Waals surface area contributed by atoms with Gasteiger partial charge in [-0.2, -0.15) is 0 Å². The summed E-state index contributed by atoms with van der Waals surface area (Å²) < 4.78 is 20.5. The van der Waals surface area contributed by atoms with Crippen LogP contribution in [0.15, 0.2) is 35.2 Å². The van der Waals surface area contributed by atoms with Gasteiger partial charge in [0.25, 0.3) is 5.91 Å². The number of carbonyl (C=O) groups excluding carboxylic acids is 2. The zero-order valence-corrected chi connectivity index (χ0v) is 18.0. The summed E-state index contributed by atoms with van der Waals surface area (Å²) in [6, 6.07) is 7.46. The van der Waals surface area contributed by atoms with Crippen molar-refractivity contribution in [3.8, 4) is 23.0 Å². The number of nitrogens with one attached hydrogen (secondary N) is 2. The van der Waals surface area contributed by atoms with Crippen molar-refractivity contribution in [1.29, 1.82) is 0 Å². The predicted octanol–water partition coefficient (Wildman–Crippen LogP) is 2.18. The minimum Gasteiger partial charge on any atom is -0.496 e. The van der Waals surface area contributed by atoms with Crippen LogP contribution in [0.2, 0.25) is 0 Å². The van der Waals surface area contributed by atoms with Crippen LogP contribution in [0.5, 0.6) is 23.0 Å². The molecule has 0 aliphatic rings. The van der Waals surface area contributed by atoms with Crippen molar-refractivity contribution in [2.45, 2.75) is 4.90 Å². The summed E-state index contributed by atoms with van der Waals surface area (Å²) in [5.41, 5.74) is 4.47. The second kappa shape index (κ2) is 10.9. The van der Waals surface area contributed by atoms with E-state index in [1.165, 1.54) is 40.6 Å². The van der Waals surface area contributed by atoms with Crippen LogP contribution in [-0.4, -0.2) is 50.9 Å². The molecule has 0 saturated heterocycles. The van der Waals surface area contributed by atoms with Crippen LogP contribution in [0.25, 0.3) is 0 Å². The monoisotopic (exact) mass is 451 g/mol. The molecule has 12 heteroatoms. The van der Waals surface area contributed by atoms with Crippen molar-refractivity contribution in [3.05, 3.63) is 46.0 Å². The van der Waals surface area contributed by atoms with Crippen LogP contribution in [0.3, 0.4) is 0 Å².